The standard InChI is InChI=1S/C17H23FN2S/c1-3-20(4-2)16(17-6-5-11-21-17)13-19-12-14-7-9-15(18)10-8-14/h5-11,16,19H,3-4,12-13H2,1-2H3. The van der Waals surface area contributed by atoms with Crippen LogP contribution in [0.4, 0.5) is 4.39 Å². The molecule has 0 bridgehead atoms. The van der Waals surface area contributed by atoms with Gasteiger partial charge in [-0.05, 0) is 42.2 Å². The quantitative estimate of drug-likeness (QED) is 0.791. The van der Waals surface area contributed by atoms with Crippen LogP contribution in [0.25, 0.3) is 0 Å². The first kappa shape index (κ1) is 16.1. The molecule has 1 heterocycles. The molecule has 0 spiro atoms. The van der Waals surface area contributed by atoms with Crippen molar-refractivity contribution in [3.05, 3.63) is 58.0 Å². The van der Waals surface area contributed by atoms with Crippen LogP contribution in [0.3, 0.4) is 0 Å². The van der Waals surface area contributed by atoms with E-state index < -0.39 is 0 Å². The van der Waals surface area contributed by atoms with Crippen molar-refractivity contribution in [2.45, 2.75) is 26.4 Å². The molecule has 114 valence electrons. The number of likely N-dealkylation sites (N-methyl/N-ethyl adjacent to an activating group) is 1. The molecule has 2 aromatic rings. The average Bonchev–Trinajstić information content (AvgIpc) is 3.02. The van der Waals surface area contributed by atoms with Crippen LogP contribution in [-0.4, -0.2) is 24.5 Å². The van der Waals surface area contributed by atoms with Gasteiger partial charge in [0.05, 0.1) is 6.04 Å². The Labute approximate surface area is 130 Å². The van der Waals surface area contributed by atoms with Gasteiger partial charge in [0.15, 0.2) is 0 Å². The minimum atomic E-state index is -0.182. The second-order valence-electron chi connectivity index (χ2n) is 5.01. The van der Waals surface area contributed by atoms with Crippen molar-refractivity contribution in [2.24, 2.45) is 0 Å². The molecule has 2 rings (SSSR count). The molecule has 0 aliphatic carbocycles. The van der Waals surface area contributed by atoms with E-state index in [2.05, 4.69) is 41.6 Å². The van der Waals surface area contributed by atoms with E-state index in [-0.39, 0.29) is 5.82 Å². The lowest BCUT2D eigenvalue weighted by atomic mass is 10.1. The van der Waals surface area contributed by atoms with E-state index in [1.165, 1.54) is 17.0 Å². The molecular formula is C17H23FN2S. The molecule has 1 aromatic heterocycles. The number of hydrogen-bond donors (Lipinski definition) is 1. The number of hydrogen-bond acceptors (Lipinski definition) is 3. The van der Waals surface area contributed by atoms with Gasteiger partial charge in [0.25, 0.3) is 0 Å². The van der Waals surface area contributed by atoms with Crippen molar-refractivity contribution in [1.29, 1.82) is 0 Å². The van der Waals surface area contributed by atoms with Gasteiger partial charge in [-0.25, -0.2) is 4.39 Å². The summed E-state index contributed by atoms with van der Waals surface area (Å²) >= 11 is 1.81. The van der Waals surface area contributed by atoms with E-state index in [4.69, 9.17) is 0 Å². The predicted octanol–water partition coefficient (Wildman–Crippen LogP) is 4.06. The fourth-order valence-corrected chi connectivity index (χ4v) is 3.37. The highest BCUT2D eigenvalue weighted by molar-refractivity contribution is 7.10. The topological polar surface area (TPSA) is 15.3 Å². The van der Waals surface area contributed by atoms with E-state index in [0.717, 1.165) is 31.7 Å². The van der Waals surface area contributed by atoms with Crippen LogP contribution in [0.5, 0.6) is 0 Å². The summed E-state index contributed by atoms with van der Waals surface area (Å²) in [5, 5.41) is 5.63. The maximum Gasteiger partial charge on any atom is 0.123 e. The summed E-state index contributed by atoms with van der Waals surface area (Å²) < 4.78 is 12.9. The van der Waals surface area contributed by atoms with Crippen LogP contribution in [0, 0.1) is 5.82 Å². The van der Waals surface area contributed by atoms with Crippen LogP contribution in [0.15, 0.2) is 41.8 Å². The van der Waals surface area contributed by atoms with Crippen LogP contribution >= 0.6 is 11.3 Å². The maximum atomic E-state index is 12.9. The zero-order valence-corrected chi connectivity index (χ0v) is 13.5. The number of benzene rings is 1. The highest BCUT2D eigenvalue weighted by atomic mass is 32.1. The van der Waals surface area contributed by atoms with Crippen molar-refractivity contribution in [1.82, 2.24) is 10.2 Å². The third-order valence-electron chi connectivity index (χ3n) is 3.70. The summed E-state index contributed by atoms with van der Waals surface area (Å²) in [6.07, 6.45) is 0. The summed E-state index contributed by atoms with van der Waals surface area (Å²) in [4.78, 5) is 3.86. The normalized spacial score (nSPS) is 12.8. The van der Waals surface area contributed by atoms with Crippen LogP contribution in [-0.2, 0) is 6.54 Å². The van der Waals surface area contributed by atoms with E-state index in [1.807, 2.05) is 23.5 Å². The van der Waals surface area contributed by atoms with Crippen LogP contribution in [0.1, 0.15) is 30.3 Å². The summed E-state index contributed by atoms with van der Waals surface area (Å²) in [5.41, 5.74) is 1.11. The molecule has 1 N–H and O–H groups in total. The molecule has 0 fully saturated rings. The molecule has 4 heteroatoms. The number of thiophene rings is 1. The fourth-order valence-electron chi connectivity index (χ4n) is 2.51. The lowest BCUT2D eigenvalue weighted by Gasteiger charge is -2.29. The second-order valence-corrected chi connectivity index (χ2v) is 5.99. The van der Waals surface area contributed by atoms with E-state index >= 15 is 0 Å². The Bertz CT molecular complexity index is 506. The van der Waals surface area contributed by atoms with Crippen molar-refractivity contribution in [3.8, 4) is 0 Å². The lowest BCUT2D eigenvalue weighted by molar-refractivity contribution is 0.216. The van der Waals surface area contributed by atoms with Crippen molar-refractivity contribution in [2.75, 3.05) is 19.6 Å². The molecule has 0 aliphatic heterocycles. The molecule has 21 heavy (non-hydrogen) atoms. The maximum absolute atomic E-state index is 12.9. The molecule has 0 aliphatic rings. The van der Waals surface area contributed by atoms with E-state index in [1.54, 1.807) is 0 Å². The molecule has 0 radical (unpaired) electrons. The Kier molecular flexibility index (Phi) is 6.36. The Morgan fingerprint density at radius 1 is 1.14 bits per heavy atom. The Morgan fingerprint density at radius 2 is 1.86 bits per heavy atom. The highest BCUT2D eigenvalue weighted by Crippen LogP contribution is 2.24. The monoisotopic (exact) mass is 306 g/mol. The van der Waals surface area contributed by atoms with Crippen molar-refractivity contribution in [3.63, 3.8) is 0 Å². The van der Waals surface area contributed by atoms with Gasteiger partial charge in [0.2, 0.25) is 0 Å². The highest BCUT2D eigenvalue weighted by Gasteiger charge is 2.18. The van der Waals surface area contributed by atoms with Crippen LogP contribution < -0.4 is 5.32 Å². The summed E-state index contributed by atoms with van der Waals surface area (Å²) in [5.74, 6) is -0.182. The average molecular weight is 306 g/mol. The number of nitrogens with one attached hydrogen (secondary N) is 1. The van der Waals surface area contributed by atoms with Gasteiger partial charge in [0.1, 0.15) is 5.82 Å². The molecule has 0 amide bonds. The zero-order chi connectivity index (χ0) is 15.1. The summed E-state index contributed by atoms with van der Waals surface area (Å²) in [6, 6.07) is 11.4. The van der Waals surface area contributed by atoms with Crippen molar-refractivity contribution < 1.29 is 4.39 Å². The van der Waals surface area contributed by atoms with Gasteiger partial charge in [0, 0.05) is 18.0 Å². The molecule has 0 saturated carbocycles. The third kappa shape index (κ3) is 4.63. The molecule has 1 aromatic carbocycles. The number of rotatable bonds is 8. The Morgan fingerprint density at radius 3 is 2.43 bits per heavy atom. The smallest absolute Gasteiger partial charge is 0.123 e. The molecule has 1 atom stereocenters. The first-order chi connectivity index (χ1) is 10.2. The number of nitrogens with zero attached hydrogens (tertiary/aromatic N) is 1. The molecule has 2 nitrogen and oxygen atoms in total. The summed E-state index contributed by atoms with van der Waals surface area (Å²) in [6.45, 7) is 8.14. The summed E-state index contributed by atoms with van der Waals surface area (Å²) in [7, 11) is 0. The fraction of sp³-hybridized carbons (Fsp3) is 0.412. The van der Waals surface area contributed by atoms with E-state index in [0.29, 0.717) is 6.04 Å². The zero-order valence-electron chi connectivity index (χ0n) is 12.7. The van der Waals surface area contributed by atoms with Gasteiger partial charge in [-0.1, -0.05) is 32.0 Å². The van der Waals surface area contributed by atoms with Crippen molar-refractivity contribution >= 4 is 11.3 Å². The Balaban J connectivity index is 1.94. The first-order valence-corrected chi connectivity index (χ1v) is 8.35. The van der Waals surface area contributed by atoms with Gasteiger partial charge < -0.3 is 5.32 Å². The Hall–Kier alpha value is -1.23. The SMILES string of the molecule is CCN(CC)C(CNCc1ccc(F)cc1)c1cccs1. The van der Waals surface area contributed by atoms with Gasteiger partial charge >= 0.3 is 0 Å². The second kappa shape index (κ2) is 8.27. The van der Waals surface area contributed by atoms with Gasteiger partial charge in [-0.2, -0.15) is 0 Å². The largest absolute Gasteiger partial charge is 0.311 e. The predicted molar refractivity (Wildman–Crippen MR) is 88.1 cm³/mol. The van der Waals surface area contributed by atoms with E-state index in [9.17, 15) is 4.39 Å². The molecule has 1 unspecified atom stereocenters. The lowest BCUT2D eigenvalue weighted by Crippen LogP contribution is -2.35. The van der Waals surface area contributed by atoms with Crippen LogP contribution in [0.2, 0.25) is 0 Å². The first-order valence-electron chi connectivity index (χ1n) is 7.47. The third-order valence-corrected chi connectivity index (χ3v) is 4.68. The van der Waals surface area contributed by atoms with Gasteiger partial charge in [-0.3, -0.25) is 4.90 Å². The number of halogens is 1. The minimum Gasteiger partial charge on any atom is -0.311 e. The molecular weight excluding hydrogens is 283 g/mol. The molecule has 0 saturated heterocycles. The van der Waals surface area contributed by atoms with Gasteiger partial charge in [-0.15, -0.1) is 11.3 Å². The minimum absolute atomic E-state index is 0.182.